The number of hydrogen-bond donors (Lipinski definition) is 1. The summed E-state index contributed by atoms with van der Waals surface area (Å²) in [5.74, 6) is -1.12. The molecule has 1 aliphatic carbocycles. The zero-order valence-corrected chi connectivity index (χ0v) is 9.87. The Labute approximate surface area is 99.7 Å². The summed E-state index contributed by atoms with van der Waals surface area (Å²) in [5.41, 5.74) is 0.172. The minimum absolute atomic E-state index is 0.0141. The number of carbonyl (C=O) groups excluding carboxylic acids is 2. The molecule has 2 rings (SSSR count). The molecule has 1 aromatic carbocycles. The molecule has 0 unspecified atom stereocenters. The van der Waals surface area contributed by atoms with Crippen LogP contribution in [-0.4, -0.2) is 23.8 Å². The van der Waals surface area contributed by atoms with Gasteiger partial charge in [-0.25, -0.2) is 0 Å². The number of halogens is 1. The number of hydrogen-bond acceptors (Lipinski definition) is 4. The highest BCUT2D eigenvalue weighted by atomic mass is 79.9. The molecule has 0 saturated carbocycles. The SMILES string of the molecule is COC1=C(Br)C(=O)c2c(O)cccc2C1=O. The standard InChI is InChI=1S/C11H7BrO4/c1-16-11-8(12)10(15)7-5(9(11)14)3-2-4-6(7)13/h2-4,13H,1H3. The van der Waals surface area contributed by atoms with Crippen LogP contribution in [0.25, 0.3) is 0 Å². The predicted molar refractivity (Wildman–Crippen MR) is 59.7 cm³/mol. The molecular weight excluding hydrogens is 276 g/mol. The normalized spacial score (nSPS) is 15.1. The third kappa shape index (κ3) is 1.36. The molecule has 5 heteroatoms. The fourth-order valence-electron chi connectivity index (χ4n) is 1.59. The average Bonchev–Trinajstić information content (AvgIpc) is 2.27. The molecular formula is C11H7BrO4. The maximum Gasteiger partial charge on any atom is 0.229 e. The number of rotatable bonds is 1. The molecule has 0 bridgehead atoms. The third-order valence-corrected chi connectivity index (χ3v) is 3.04. The maximum atomic E-state index is 11.9. The number of ketones is 2. The smallest absolute Gasteiger partial charge is 0.229 e. The Hall–Kier alpha value is -1.62. The molecule has 0 amide bonds. The maximum absolute atomic E-state index is 11.9. The highest BCUT2D eigenvalue weighted by molar-refractivity contribution is 9.12. The molecule has 0 fully saturated rings. The molecule has 82 valence electrons. The minimum atomic E-state index is -0.454. The van der Waals surface area contributed by atoms with Crippen molar-refractivity contribution >= 4 is 27.5 Å². The zero-order valence-electron chi connectivity index (χ0n) is 8.28. The van der Waals surface area contributed by atoms with E-state index in [1.165, 1.54) is 25.3 Å². The fourth-order valence-corrected chi connectivity index (χ4v) is 2.13. The first-order valence-corrected chi connectivity index (χ1v) is 5.22. The summed E-state index contributed by atoms with van der Waals surface area (Å²) in [5, 5.41) is 9.56. The first-order valence-electron chi connectivity index (χ1n) is 4.43. The Bertz CT molecular complexity index is 531. The summed E-state index contributed by atoms with van der Waals surface area (Å²) in [6.07, 6.45) is 0. The van der Waals surface area contributed by atoms with Crippen molar-refractivity contribution in [1.29, 1.82) is 0 Å². The molecule has 0 heterocycles. The van der Waals surface area contributed by atoms with E-state index >= 15 is 0 Å². The summed E-state index contributed by atoms with van der Waals surface area (Å²) in [4.78, 5) is 23.7. The molecule has 0 saturated heterocycles. The Morgan fingerprint density at radius 2 is 1.94 bits per heavy atom. The Morgan fingerprint density at radius 3 is 2.56 bits per heavy atom. The molecule has 1 N–H and O–H groups in total. The van der Waals surface area contributed by atoms with Crippen LogP contribution in [0.2, 0.25) is 0 Å². The topological polar surface area (TPSA) is 63.6 Å². The Balaban J connectivity index is 2.74. The molecule has 1 aromatic rings. The van der Waals surface area contributed by atoms with Crippen molar-refractivity contribution in [3.05, 3.63) is 39.6 Å². The number of allylic oxidation sites excluding steroid dienone is 2. The number of Topliss-reactive ketones (excluding diaryl/α,β-unsaturated/α-hetero) is 2. The lowest BCUT2D eigenvalue weighted by Crippen LogP contribution is -2.20. The van der Waals surface area contributed by atoms with Crippen LogP contribution in [0.15, 0.2) is 28.4 Å². The van der Waals surface area contributed by atoms with Crippen molar-refractivity contribution in [1.82, 2.24) is 0 Å². The van der Waals surface area contributed by atoms with Crippen molar-refractivity contribution in [3.8, 4) is 5.75 Å². The fraction of sp³-hybridized carbons (Fsp3) is 0.0909. The van der Waals surface area contributed by atoms with Gasteiger partial charge in [-0.1, -0.05) is 6.07 Å². The van der Waals surface area contributed by atoms with Gasteiger partial charge in [-0.15, -0.1) is 0 Å². The molecule has 0 radical (unpaired) electrons. The van der Waals surface area contributed by atoms with E-state index in [-0.39, 0.29) is 27.1 Å². The van der Waals surface area contributed by atoms with Gasteiger partial charge in [-0.2, -0.15) is 0 Å². The summed E-state index contributed by atoms with van der Waals surface area (Å²) < 4.78 is 4.90. The van der Waals surface area contributed by atoms with Gasteiger partial charge in [0.2, 0.25) is 11.6 Å². The molecule has 0 aromatic heterocycles. The largest absolute Gasteiger partial charge is 0.507 e. The number of phenolic OH excluding ortho intramolecular Hbond substituents is 1. The van der Waals surface area contributed by atoms with E-state index in [0.29, 0.717) is 0 Å². The first-order chi connectivity index (χ1) is 7.57. The van der Waals surface area contributed by atoms with Gasteiger partial charge in [0.05, 0.1) is 12.7 Å². The lowest BCUT2D eigenvalue weighted by atomic mass is 9.93. The summed E-state index contributed by atoms with van der Waals surface area (Å²) in [6, 6.07) is 4.35. The van der Waals surface area contributed by atoms with Gasteiger partial charge in [0.25, 0.3) is 0 Å². The lowest BCUT2D eigenvalue weighted by Gasteiger charge is -2.17. The second-order valence-electron chi connectivity index (χ2n) is 3.21. The van der Waals surface area contributed by atoms with Crippen LogP contribution in [0.1, 0.15) is 20.7 Å². The number of carbonyl (C=O) groups is 2. The van der Waals surface area contributed by atoms with Crippen molar-refractivity contribution in [2.24, 2.45) is 0 Å². The van der Waals surface area contributed by atoms with Crippen LogP contribution in [0.5, 0.6) is 5.75 Å². The Kier molecular flexibility index (Phi) is 2.55. The minimum Gasteiger partial charge on any atom is -0.507 e. The molecule has 0 aliphatic heterocycles. The number of phenols is 1. The van der Waals surface area contributed by atoms with Gasteiger partial charge < -0.3 is 9.84 Å². The van der Waals surface area contributed by atoms with Crippen molar-refractivity contribution in [3.63, 3.8) is 0 Å². The average molecular weight is 283 g/mol. The van der Waals surface area contributed by atoms with E-state index in [1.807, 2.05) is 0 Å². The van der Waals surface area contributed by atoms with Gasteiger partial charge >= 0.3 is 0 Å². The van der Waals surface area contributed by atoms with Crippen LogP contribution in [0.3, 0.4) is 0 Å². The predicted octanol–water partition coefficient (Wildman–Crippen LogP) is 2.02. The van der Waals surface area contributed by atoms with E-state index in [2.05, 4.69) is 15.9 Å². The van der Waals surface area contributed by atoms with Gasteiger partial charge in [0.15, 0.2) is 5.76 Å². The second-order valence-corrected chi connectivity index (χ2v) is 4.00. The summed E-state index contributed by atoms with van der Waals surface area (Å²) in [7, 11) is 1.32. The summed E-state index contributed by atoms with van der Waals surface area (Å²) in [6.45, 7) is 0. The van der Waals surface area contributed by atoms with E-state index < -0.39 is 11.6 Å². The van der Waals surface area contributed by atoms with Crippen molar-refractivity contribution in [2.75, 3.05) is 7.11 Å². The van der Waals surface area contributed by atoms with Crippen LogP contribution in [-0.2, 0) is 4.74 Å². The van der Waals surface area contributed by atoms with Crippen LogP contribution < -0.4 is 0 Å². The van der Waals surface area contributed by atoms with Gasteiger partial charge in [-0.3, -0.25) is 9.59 Å². The summed E-state index contributed by atoms with van der Waals surface area (Å²) >= 11 is 3.00. The highest BCUT2D eigenvalue weighted by Gasteiger charge is 2.33. The molecule has 4 nitrogen and oxygen atoms in total. The molecule has 0 spiro atoms. The number of benzene rings is 1. The Morgan fingerprint density at radius 1 is 1.25 bits per heavy atom. The molecule has 1 aliphatic rings. The van der Waals surface area contributed by atoms with E-state index in [4.69, 9.17) is 4.74 Å². The van der Waals surface area contributed by atoms with E-state index in [0.717, 1.165) is 0 Å². The number of ether oxygens (including phenoxy) is 1. The van der Waals surface area contributed by atoms with Crippen LogP contribution in [0.4, 0.5) is 0 Å². The highest BCUT2D eigenvalue weighted by Crippen LogP contribution is 2.34. The quantitative estimate of drug-likeness (QED) is 0.856. The number of methoxy groups -OCH3 is 1. The molecule has 0 atom stereocenters. The third-order valence-electron chi connectivity index (χ3n) is 2.32. The van der Waals surface area contributed by atoms with Gasteiger partial charge in [0, 0.05) is 5.56 Å². The number of aromatic hydroxyl groups is 1. The van der Waals surface area contributed by atoms with E-state index in [1.54, 1.807) is 0 Å². The van der Waals surface area contributed by atoms with Crippen molar-refractivity contribution < 1.29 is 19.4 Å². The lowest BCUT2D eigenvalue weighted by molar-refractivity contribution is 0.0912. The molecule has 16 heavy (non-hydrogen) atoms. The first kappa shape index (κ1) is 10.9. The van der Waals surface area contributed by atoms with Gasteiger partial charge in [0.1, 0.15) is 10.2 Å². The van der Waals surface area contributed by atoms with E-state index in [9.17, 15) is 14.7 Å². The van der Waals surface area contributed by atoms with Crippen molar-refractivity contribution in [2.45, 2.75) is 0 Å². The van der Waals surface area contributed by atoms with Crippen LogP contribution in [0, 0.1) is 0 Å². The van der Waals surface area contributed by atoms with Gasteiger partial charge in [-0.05, 0) is 28.1 Å². The second kappa shape index (κ2) is 3.75. The van der Waals surface area contributed by atoms with Crippen LogP contribution >= 0.6 is 15.9 Å². The number of fused-ring (bicyclic) bond motifs is 1. The zero-order chi connectivity index (χ0) is 11.9. The monoisotopic (exact) mass is 282 g/mol.